The van der Waals surface area contributed by atoms with Crippen molar-refractivity contribution in [1.29, 1.82) is 0 Å². The van der Waals surface area contributed by atoms with Crippen LogP contribution in [-0.2, 0) is 28.1 Å². The smallest absolute Gasteiger partial charge is 0.209 e. The summed E-state index contributed by atoms with van der Waals surface area (Å²) in [6.45, 7) is 3.15. The number of aromatic nitrogens is 3. The molecule has 0 saturated carbocycles. The quantitative estimate of drug-likeness (QED) is 0.666. The van der Waals surface area contributed by atoms with E-state index in [4.69, 9.17) is 19.4 Å². The van der Waals surface area contributed by atoms with Crippen molar-refractivity contribution in [2.24, 2.45) is 0 Å². The highest BCUT2D eigenvalue weighted by Gasteiger charge is 2.34. The molecule has 0 atom stereocenters. The van der Waals surface area contributed by atoms with Crippen molar-refractivity contribution >= 4 is 0 Å². The summed E-state index contributed by atoms with van der Waals surface area (Å²) in [4.78, 5) is 13.9. The fraction of sp³-hybridized carbons (Fsp3) is 0.318. The maximum Gasteiger partial charge on any atom is 0.209 e. The number of hydrogen-bond acceptors (Lipinski definition) is 5. The summed E-state index contributed by atoms with van der Waals surface area (Å²) in [7, 11) is 0. The summed E-state index contributed by atoms with van der Waals surface area (Å²) in [6.07, 6.45) is 4.56. The van der Waals surface area contributed by atoms with Crippen LogP contribution in [0, 0.1) is 0 Å². The van der Waals surface area contributed by atoms with E-state index in [1.54, 1.807) is 6.20 Å². The molecule has 0 aliphatic carbocycles. The molecule has 1 fully saturated rings. The first-order chi connectivity index (χ1) is 13.2. The summed E-state index contributed by atoms with van der Waals surface area (Å²) < 4.78 is 11.4. The van der Waals surface area contributed by atoms with Crippen LogP contribution >= 0.6 is 0 Å². The molecule has 138 valence electrons. The molecule has 4 rings (SSSR count). The summed E-state index contributed by atoms with van der Waals surface area (Å²) in [5.41, 5.74) is 4.78. The van der Waals surface area contributed by atoms with Gasteiger partial charge in [-0.05, 0) is 62.6 Å². The summed E-state index contributed by atoms with van der Waals surface area (Å²) in [6, 6.07) is 18.0. The molecule has 3 aromatic rings. The van der Waals surface area contributed by atoms with Crippen molar-refractivity contribution < 1.29 is 9.47 Å². The van der Waals surface area contributed by atoms with Gasteiger partial charge in [-0.25, -0.2) is 0 Å². The van der Waals surface area contributed by atoms with Crippen LogP contribution in [0.25, 0.3) is 11.4 Å². The van der Waals surface area contributed by atoms with E-state index in [1.807, 2.05) is 49.4 Å². The van der Waals surface area contributed by atoms with Crippen molar-refractivity contribution in [3.8, 4) is 11.4 Å². The highest BCUT2D eigenvalue weighted by Crippen LogP contribution is 2.29. The SMILES string of the molecule is CC1(c2cccc(CCCc3cccc(-c4ccccn4)n3)n2)OCCO1. The molecular weight excluding hydrogens is 338 g/mol. The molecule has 1 aliphatic heterocycles. The zero-order valence-electron chi connectivity index (χ0n) is 15.5. The van der Waals surface area contributed by atoms with Gasteiger partial charge in [-0.2, -0.15) is 0 Å². The van der Waals surface area contributed by atoms with Gasteiger partial charge in [0.2, 0.25) is 5.79 Å². The van der Waals surface area contributed by atoms with Gasteiger partial charge in [-0.3, -0.25) is 15.0 Å². The molecule has 0 spiro atoms. The Kier molecular flexibility index (Phi) is 5.23. The molecule has 3 aromatic heterocycles. The Bertz CT molecular complexity index is 893. The molecule has 1 saturated heterocycles. The van der Waals surface area contributed by atoms with Crippen molar-refractivity contribution in [2.45, 2.75) is 32.0 Å². The van der Waals surface area contributed by atoms with E-state index in [2.05, 4.69) is 17.1 Å². The molecule has 0 radical (unpaired) electrons. The number of ether oxygens (including phenoxy) is 2. The van der Waals surface area contributed by atoms with Crippen LogP contribution in [0.5, 0.6) is 0 Å². The number of hydrogen-bond donors (Lipinski definition) is 0. The minimum atomic E-state index is -0.714. The predicted octanol–water partition coefficient (Wildman–Crippen LogP) is 3.93. The van der Waals surface area contributed by atoms with Gasteiger partial charge in [0, 0.05) is 17.6 Å². The molecule has 27 heavy (non-hydrogen) atoms. The Balaban J connectivity index is 1.39. The van der Waals surface area contributed by atoms with E-state index in [9.17, 15) is 0 Å². The molecule has 0 N–H and O–H groups in total. The fourth-order valence-electron chi connectivity index (χ4n) is 3.26. The van der Waals surface area contributed by atoms with Gasteiger partial charge in [0.25, 0.3) is 0 Å². The lowest BCUT2D eigenvalue weighted by Crippen LogP contribution is -2.24. The van der Waals surface area contributed by atoms with Gasteiger partial charge in [0.05, 0.1) is 30.3 Å². The molecule has 1 aliphatic rings. The number of nitrogens with zero attached hydrogens (tertiary/aromatic N) is 3. The largest absolute Gasteiger partial charge is 0.342 e. The van der Waals surface area contributed by atoms with Crippen LogP contribution in [-0.4, -0.2) is 28.2 Å². The maximum atomic E-state index is 5.71. The first-order valence-electron chi connectivity index (χ1n) is 9.35. The van der Waals surface area contributed by atoms with E-state index in [-0.39, 0.29) is 0 Å². The minimum absolute atomic E-state index is 0.612. The van der Waals surface area contributed by atoms with Gasteiger partial charge in [0.15, 0.2) is 0 Å². The van der Waals surface area contributed by atoms with Gasteiger partial charge < -0.3 is 9.47 Å². The predicted molar refractivity (Wildman–Crippen MR) is 103 cm³/mol. The van der Waals surface area contributed by atoms with Crippen molar-refractivity contribution in [1.82, 2.24) is 15.0 Å². The average molecular weight is 361 g/mol. The van der Waals surface area contributed by atoms with Crippen LogP contribution < -0.4 is 0 Å². The van der Waals surface area contributed by atoms with Crippen LogP contribution in [0.4, 0.5) is 0 Å². The molecule has 4 heterocycles. The van der Waals surface area contributed by atoms with Crippen LogP contribution in [0.3, 0.4) is 0 Å². The monoisotopic (exact) mass is 361 g/mol. The third-order valence-electron chi connectivity index (χ3n) is 4.71. The second-order valence-electron chi connectivity index (χ2n) is 6.74. The molecule has 0 bridgehead atoms. The normalized spacial score (nSPS) is 15.7. The number of rotatable bonds is 6. The zero-order chi connectivity index (χ0) is 18.5. The summed E-state index contributed by atoms with van der Waals surface area (Å²) in [5, 5.41) is 0. The van der Waals surface area contributed by atoms with E-state index >= 15 is 0 Å². The van der Waals surface area contributed by atoms with E-state index in [1.165, 1.54) is 0 Å². The molecule has 0 unspecified atom stereocenters. The topological polar surface area (TPSA) is 57.1 Å². The summed E-state index contributed by atoms with van der Waals surface area (Å²) >= 11 is 0. The zero-order valence-corrected chi connectivity index (χ0v) is 15.5. The molecular formula is C22H23N3O2. The second kappa shape index (κ2) is 7.94. The fourth-order valence-corrected chi connectivity index (χ4v) is 3.26. The van der Waals surface area contributed by atoms with Gasteiger partial charge in [-0.15, -0.1) is 0 Å². The Morgan fingerprint density at radius 2 is 1.52 bits per heavy atom. The first-order valence-corrected chi connectivity index (χ1v) is 9.35. The van der Waals surface area contributed by atoms with Crippen LogP contribution in [0.15, 0.2) is 60.8 Å². The minimum Gasteiger partial charge on any atom is -0.342 e. The van der Waals surface area contributed by atoms with Crippen molar-refractivity contribution in [3.63, 3.8) is 0 Å². The maximum absolute atomic E-state index is 5.71. The van der Waals surface area contributed by atoms with E-state index in [0.717, 1.165) is 47.7 Å². The standard InChI is InChI=1S/C22H23N3O2/c1-22(26-15-16-27-22)21-13-6-10-18(25-21)8-4-7-17-9-5-12-20(24-17)19-11-2-3-14-23-19/h2-3,5-6,9-14H,4,7-8,15-16H2,1H3. The molecule has 5 nitrogen and oxygen atoms in total. The van der Waals surface area contributed by atoms with Crippen molar-refractivity contribution in [3.05, 3.63) is 77.9 Å². The highest BCUT2D eigenvalue weighted by molar-refractivity contribution is 5.53. The molecule has 5 heteroatoms. The second-order valence-corrected chi connectivity index (χ2v) is 6.74. The molecule has 0 aromatic carbocycles. The van der Waals surface area contributed by atoms with Crippen molar-refractivity contribution in [2.75, 3.05) is 13.2 Å². The number of aryl methyl sites for hydroxylation is 2. The third kappa shape index (κ3) is 4.21. The van der Waals surface area contributed by atoms with Gasteiger partial charge >= 0.3 is 0 Å². The van der Waals surface area contributed by atoms with E-state index < -0.39 is 5.79 Å². The first kappa shape index (κ1) is 17.8. The van der Waals surface area contributed by atoms with Gasteiger partial charge in [0.1, 0.15) is 0 Å². The Morgan fingerprint density at radius 3 is 2.26 bits per heavy atom. The van der Waals surface area contributed by atoms with Gasteiger partial charge in [-0.1, -0.05) is 18.2 Å². The lowest BCUT2D eigenvalue weighted by Gasteiger charge is -2.21. The van der Waals surface area contributed by atoms with Crippen LogP contribution in [0.2, 0.25) is 0 Å². The summed E-state index contributed by atoms with van der Waals surface area (Å²) in [5.74, 6) is -0.714. The highest BCUT2D eigenvalue weighted by atomic mass is 16.7. The lowest BCUT2D eigenvalue weighted by molar-refractivity contribution is -0.152. The number of pyridine rings is 3. The Morgan fingerprint density at radius 1 is 0.815 bits per heavy atom. The van der Waals surface area contributed by atoms with Crippen LogP contribution in [0.1, 0.15) is 30.4 Å². The molecule has 0 amide bonds. The van der Waals surface area contributed by atoms with E-state index in [0.29, 0.717) is 13.2 Å². The lowest BCUT2D eigenvalue weighted by atomic mass is 10.1. The Labute approximate surface area is 159 Å². The Hall–Kier alpha value is -2.63. The average Bonchev–Trinajstić information content (AvgIpc) is 3.17. The third-order valence-corrected chi connectivity index (χ3v) is 4.71.